The van der Waals surface area contributed by atoms with E-state index < -0.39 is 5.60 Å². The maximum Gasteiger partial charge on any atom is 0.320 e. The summed E-state index contributed by atoms with van der Waals surface area (Å²) in [6.45, 7) is 0. The monoisotopic (exact) mass is 498 g/mol. The Morgan fingerprint density at radius 1 is 1.35 bits per heavy atom. The highest BCUT2D eigenvalue weighted by atomic mass is 127. The predicted molar refractivity (Wildman–Crippen MR) is 95.0 cm³/mol. The van der Waals surface area contributed by atoms with E-state index in [1.54, 1.807) is 0 Å². The first-order valence-electron chi connectivity index (χ1n) is 6.90. The second-order valence-electron chi connectivity index (χ2n) is 5.36. The summed E-state index contributed by atoms with van der Waals surface area (Å²) in [6, 6.07) is 5.98. The molecular formula is C15H16I2O3. The van der Waals surface area contributed by atoms with Gasteiger partial charge in [0.25, 0.3) is 0 Å². The van der Waals surface area contributed by atoms with Gasteiger partial charge in [-0.3, -0.25) is 4.79 Å². The van der Waals surface area contributed by atoms with Gasteiger partial charge < -0.3 is 9.15 Å². The van der Waals surface area contributed by atoms with Crippen molar-refractivity contribution in [2.24, 2.45) is 0 Å². The molecular weight excluding hydrogens is 482 g/mol. The zero-order chi connectivity index (χ0) is 14.2. The number of carbonyl (C=O) groups is 1. The number of rotatable bonds is 4. The van der Waals surface area contributed by atoms with Crippen LogP contribution in [0.2, 0.25) is 0 Å². The van der Waals surface area contributed by atoms with Gasteiger partial charge in [0.2, 0.25) is 0 Å². The van der Waals surface area contributed by atoms with Crippen molar-refractivity contribution in [2.45, 2.75) is 41.6 Å². The Hall–Kier alpha value is -0.0500. The fourth-order valence-corrected chi connectivity index (χ4v) is 3.50. The summed E-state index contributed by atoms with van der Waals surface area (Å²) in [5, 5.41) is 0. The average molecular weight is 498 g/mol. The summed E-state index contributed by atoms with van der Waals surface area (Å²) in [7, 11) is 0. The van der Waals surface area contributed by atoms with Crippen LogP contribution < -0.4 is 0 Å². The van der Waals surface area contributed by atoms with E-state index in [0.29, 0.717) is 0 Å². The largest absolute Gasteiger partial charge is 0.457 e. The van der Waals surface area contributed by atoms with E-state index in [0.717, 1.165) is 46.8 Å². The number of esters is 1. The first kappa shape index (κ1) is 14.9. The van der Waals surface area contributed by atoms with Crippen molar-refractivity contribution in [3.05, 3.63) is 23.8 Å². The number of alkyl halides is 2. The van der Waals surface area contributed by atoms with Gasteiger partial charge in [-0.1, -0.05) is 51.6 Å². The molecule has 0 N–H and O–H groups in total. The highest BCUT2D eigenvalue weighted by Gasteiger charge is 2.41. The van der Waals surface area contributed by atoms with Crippen LogP contribution in [0, 0.1) is 0 Å². The van der Waals surface area contributed by atoms with Gasteiger partial charge in [0, 0.05) is 9.99 Å². The van der Waals surface area contributed by atoms with Crippen molar-refractivity contribution < 1.29 is 13.9 Å². The number of carbonyl (C=O) groups excluding carboxylic acids is 1. The van der Waals surface area contributed by atoms with Crippen LogP contribution in [-0.2, 0) is 15.1 Å². The lowest BCUT2D eigenvalue weighted by Gasteiger charge is -2.37. The third kappa shape index (κ3) is 2.67. The molecule has 1 saturated carbocycles. The van der Waals surface area contributed by atoms with Crippen LogP contribution in [0.25, 0.3) is 11.2 Å². The molecule has 0 saturated heterocycles. The van der Waals surface area contributed by atoms with Crippen LogP contribution in [0.4, 0.5) is 0 Å². The Morgan fingerprint density at radius 2 is 2.10 bits per heavy atom. The summed E-state index contributed by atoms with van der Waals surface area (Å²) >= 11 is 4.39. The Labute approximate surface area is 145 Å². The SMILES string of the molecule is O=C(OC1(c2cc3ccc2o3)CCCCC1)C(I)CI. The van der Waals surface area contributed by atoms with E-state index in [4.69, 9.17) is 9.15 Å². The number of fused-ring (bicyclic) bond motifs is 2. The van der Waals surface area contributed by atoms with Gasteiger partial charge in [0.15, 0.2) is 0 Å². The second kappa shape index (κ2) is 5.98. The van der Waals surface area contributed by atoms with E-state index in [2.05, 4.69) is 45.2 Å². The molecule has 108 valence electrons. The molecule has 3 nitrogen and oxygen atoms in total. The van der Waals surface area contributed by atoms with E-state index in [-0.39, 0.29) is 9.89 Å². The lowest BCUT2D eigenvalue weighted by molar-refractivity contribution is -0.163. The van der Waals surface area contributed by atoms with Crippen molar-refractivity contribution in [3.63, 3.8) is 0 Å². The van der Waals surface area contributed by atoms with E-state index in [1.165, 1.54) is 6.42 Å². The maximum atomic E-state index is 12.3. The zero-order valence-electron chi connectivity index (χ0n) is 11.0. The van der Waals surface area contributed by atoms with Crippen molar-refractivity contribution in [1.82, 2.24) is 0 Å². The smallest absolute Gasteiger partial charge is 0.320 e. The summed E-state index contributed by atoms with van der Waals surface area (Å²) < 4.78 is 12.4. The summed E-state index contributed by atoms with van der Waals surface area (Å²) in [4.78, 5) is 12.3. The topological polar surface area (TPSA) is 39.4 Å². The third-order valence-corrected chi connectivity index (χ3v) is 7.53. The molecule has 0 aliphatic heterocycles. The molecule has 5 heteroatoms. The molecule has 1 fully saturated rings. The molecule has 1 aliphatic rings. The minimum absolute atomic E-state index is 0.0831. The first-order chi connectivity index (χ1) is 9.64. The number of benzene rings is 1. The first-order valence-corrected chi connectivity index (χ1v) is 9.67. The van der Waals surface area contributed by atoms with Crippen LogP contribution in [0.15, 0.2) is 22.6 Å². The van der Waals surface area contributed by atoms with Crippen molar-refractivity contribution in [2.75, 3.05) is 4.43 Å². The highest BCUT2D eigenvalue weighted by molar-refractivity contribution is 14.1. The van der Waals surface area contributed by atoms with Gasteiger partial charge in [-0.2, -0.15) is 0 Å². The van der Waals surface area contributed by atoms with Crippen LogP contribution in [0.5, 0.6) is 0 Å². The van der Waals surface area contributed by atoms with Gasteiger partial charge in [0.1, 0.15) is 20.7 Å². The molecule has 1 aliphatic carbocycles. The van der Waals surface area contributed by atoms with Crippen LogP contribution in [0.3, 0.4) is 0 Å². The van der Waals surface area contributed by atoms with Crippen molar-refractivity contribution in [1.29, 1.82) is 0 Å². The molecule has 0 radical (unpaired) electrons. The quantitative estimate of drug-likeness (QED) is 0.345. The fraction of sp³-hybridized carbons (Fsp3) is 0.533. The van der Waals surface area contributed by atoms with Gasteiger partial charge in [-0.15, -0.1) is 0 Å². The van der Waals surface area contributed by atoms with Crippen molar-refractivity contribution >= 4 is 62.3 Å². The molecule has 2 bridgehead atoms. The Bertz CT molecular complexity index is 586. The van der Waals surface area contributed by atoms with Gasteiger partial charge >= 0.3 is 5.97 Å². The molecule has 20 heavy (non-hydrogen) atoms. The highest BCUT2D eigenvalue weighted by Crippen LogP contribution is 2.44. The maximum absolute atomic E-state index is 12.3. The third-order valence-electron chi connectivity index (χ3n) is 4.02. The Morgan fingerprint density at radius 3 is 2.65 bits per heavy atom. The van der Waals surface area contributed by atoms with E-state index in [9.17, 15) is 4.79 Å². The lowest BCUT2D eigenvalue weighted by Crippen LogP contribution is -2.37. The van der Waals surface area contributed by atoms with Gasteiger partial charge in [0.05, 0.1) is 0 Å². The zero-order valence-corrected chi connectivity index (χ0v) is 15.3. The normalized spacial score (nSPS) is 20.1. The standard InChI is InChI=1S/C15H16I2O3/c16-9-12(17)14(18)20-15(6-2-1-3-7-15)11-8-10-4-5-13(11)19-10/h4-5,8,12H,1-3,6-7,9H2. The molecule has 1 unspecified atom stereocenters. The molecule has 1 atom stereocenters. The van der Waals surface area contributed by atoms with Gasteiger partial charge in [-0.05, 0) is 43.9 Å². The average Bonchev–Trinajstić information content (AvgIpc) is 3.10. The summed E-state index contributed by atoms with van der Waals surface area (Å²) in [6.07, 6.45) is 5.24. The van der Waals surface area contributed by atoms with Gasteiger partial charge in [-0.25, -0.2) is 0 Å². The van der Waals surface area contributed by atoms with E-state index >= 15 is 0 Å². The molecule has 0 spiro atoms. The molecule has 3 rings (SSSR count). The number of hydrogen-bond donors (Lipinski definition) is 0. The summed E-state index contributed by atoms with van der Waals surface area (Å²) in [5.74, 6) is -0.0971. The molecule has 2 aromatic heterocycles. The van der Waals surface area contributed by atoms with Crippen LogP contribution in [-0.4, -0.2) is 14.3 Å². The fourth-order valence-electron chi connectivity index (χ4n) is 3.01. The number of furan rings is 2. The summed E-state index contributed by atoms with van der Waals surface area (Å²) in [5.41, 5.74) is 2.34. The lowest BCUT2D eigenvalue weighted by atomic mass is 9.79. The molecule has 2 aromatic rings. The van der Waals surface area contributed by atoms with Crippen molar-refractivity contribution in [3.8, 4) is 0 Å². The number of halogens is 2. The predicted octanol–water partition coefficient (Wildman–Crippen LogP) is 4.81. The van der Waals surface area contributed by atoms with Crippen LogP contribution in [0.1, 0.15) is 37.7 Å². The second-order valence-corrected chi connectivity index (χ2v) is 7.74. The molecule has 0 amide bonds. The number of ether oxygens (including phenoxy) is 1. The molecule has 2 heterocycles. The minimum Gasteiger partial charge on any atom is -0.457 e. The number of hydrogen-bond acceptors (Lipinski definition) is 3. The minimum atomic E-state index is -0.466. The Kier molecular flexibility index (Phi) is 4.45. The Balaban J connectivity index is 1.92. The molecule has 0 aromatic carbocycles. The van der Waals surface area contributed by atoms with Crippen LogP contribution >= 0.6 is 45.2 Å². The van der Waals surface area contributed by atoms with E-state index in [1.807, 2.05) is 18.2 Å².